The van der Waals surface area contributed by atoms with Gasteiger partial charge in [0.2, 0.25) is 0 Å². The quantitative estimate of drug-likeness (QED) is 0.403. The van der Waals surface area contributed by atoms with Crippen molar-refractivity contribution in [2.24, 2.45) is 0 Å². The lowest BCUT2D eigenvalue weighted by Crippen LogP contribution is -2.37. The standard InChI is InChI=1S/C19H15N3O4S/c23-16(14-10-20-15-6-2-1-5-13(14)15)11-22-18(25)17(24)21(19(22)26)8-7-12-4-3-9-27-12/h1-6,9-10,20H,7-8,11H2. The number of nitrogens with zero attached hydrogens (tertiary/aromatic N) is 2. The molecule has 1 saturated heterocycles. The summed E-state index contributed by atoms with van der Waals surface area (Å²) in [5.41, 5.74) is 1.17. The van der Waals surface area contributed by atoms with E-state index in [-0.39, 0.29) is 6.54 Å². The fourth-order valence-electron chi connectivity index (χ4n) is 3.09. The first-order chi connectivity index (χ1) is 13.1. The van der Waals surface area contributed by atoms with E-state index in [0.717, 1.165) is 20.2 Å². The number of thiophene rings is 1. The molecule has 1 N–H and O–H groups in total. The number of imide groups is 2. The second kappa shape index (κ2) is 6.81. The molecule has 3 aromatic rings. The number of rotatable bonds is 6. The van der Waals surface area contributed by atoms with E-state index in [9.17, 15) is 19.2 Å². The highest BCUT2D eigenvalue weighted by Gasteiger charge is 2.45. The normalized spacial score (nSPS) is 14.6. The number of urea groups is 1. The highest BCUT2D eigenvalue weighted by molar-refractivity contribution is 7.09. The van der Waals surface area contributed by atoms with Crippen molar-refractivity contribution >= 4 is 45.9 Å². The second-order valence-electron chi connectivity index (χ2n) is 6.13. The lowest BCUT2D eigenvalue weighted by atomic mass is 10.1. The van der Waals surface area contributed by atoms with Crippen molar-refractivity contribution in [1.82, 2.24) is 14.8 Å². The number of H-pyrrole nitrogens is 1. The van der Waals surface area contributed by atoms with Crippen molar-refractivity contribution in [1.29, 1.82) is 0 Å². The SMILES string of the molecule is O=C(CN1C(=O)C(=O)N(CCc2cccs2)C1=O)c1c[nH]c2ccccc12. The van der Waals surface area contributed by atoms with Crippen LogP contribution in [0.5, 0.6) is 0 Å². The van der Waals surface area contributed by atoms with Crippen LogP contribution >= 0.6 is 11.3 Å². The smallest absolute Gasteiger partial charge is 0.334 e. The first kappa shape index (κ1) is 17.2. The lowest BCUT2D eigenvalue weighted by Gasteiger charge is -2.14. The van der Waals surface area contributed by atoms with Gasteiger partial charge < -0.3 is 4.98 Å². The van der Waals surface area contributed by atoms with Crippen LogP contribution in [-0.2, 0) is 16.0 Å². The molecule has 1 aliphatic rings. The van der Waals surface area contributed by atoms with Crippen LogP contribution in [0, 0.1) is 0 Å². The zero-order chi connectivity index (χ0) is 19.0. The molecule has 136 valence electrons. The largest absolute Gasteiger partial charge is 0.360 e. The van der Waals surface area contributed by atoms with Crippen LogP contribution in [0.1, 0.15) is 15.2 Å². The summed E-state index contributed by atoms with van der Waals surface area (Å²) in [6, 6.07) is 10.3. The Bertz CT molecular complexity index is 1050. The molecule has 0 spiro atoms. The fourth-order valence-corrected chi connectivity index (χ4v) is 3.79. The Kier molecular flexibility index (Phi) is 4.33. The third kappa shape index (κ3) is 3.04. The van der Waals surface area contributed by atoms with Gasteiger partial charge in [-0.2, -0.15) is 0 Å². The van der Waals surface area contributed by atoms with Crippen molar-refractivity contribution in [2.75, 3.05) is 13.1 Å². The number of para-hydroxylation sites is 1. The fraction of sp³-hybridized carbons (Fsp3) is 0.158. The molecule has 1 fully saturated rings. The summed E-state index contributed by atoms with van der Waals surface area (Å²) >= 11 is 1.51. The summed E-state index contributed by atoms with van der Waals surface area (Å²) in [6.07, 6.45) is 2.03. The van der Waals surface area contributed by atoms with E-state index in [1.807, 2.05) is 29.6 Å². The van der Waals surface area contributed by atoms with Crippen LogP contribution in [0.2, 0.25) is 0 Å². The van der Waals surface area contributed by atoms with Gasteiger partial charge in [-0.3, -0.25) is 19.3 Å². The molecule has 0 bridgehead atoms. The minimum atomic E-state index is -0.959. The number of ketones is 1. The van der Waals surface area contributed by atoms with Crippen LogP contribution in [0.3, 0.4) is 0 Å². The predicted octanol–water partition coefficient (Wildman–Crippen LogP) is 2.45. The average Bonchev–Trinajstić information content (AvgIpc) is 3.38. The van der Waals surface area contributed by atoms with Crippen LogP contribution in [0.4, 0.5) is 4.79 Å². The van der Waals surface area contributed by atoms with E-state index in [0.29, 0.717) is 17.4 Å². The van der Waals surface area contributed by atoms with Crippen LogP contribution < -0.4 is 0 Å². The number of amides is 4. The van der Waals surface area contributed by atoms with Gasteiger partial charge in [0.25, 0.3) is 0 Å². The summed E-state index contributed by atoms with van der Waals surface area (Å²) in [4.78, 5) is 55.1. The van der Waals surface area contributed by atoms with E-state index in [4.69, 9.17) is 0 Å². The number of hydrogen-bond donors (Lipinski definition) is 1. The van der Waals surface area contributed by atoms with Gasteiger partial charge in [0.05, 0.1) is 6.54 Å². The molecule has 0 saturated carbocycles. The number of benzene rings is 1. The minimum Gasteiger partial charge on any atom is -0.360 e. The number of hydrogen-bond acceptors (Lipinski definition) is 5. The molecule has 3 heterocycles. The van der Waals surface area contributed by atoms with Crippen molar-refractivity contribution < 1.29 is 19.2 Å². The number of Topliss-reactive ketones (excluding diaryl/α,β-unsaturated/α-hetero) is 1. The Balaban J connectivity index is 1.50. The van der Waals surface area contributed by atoms with Gasteiger partial charge in [-0.1, -0.05) is 24.3 Å². The Morgan fingerprint density at radius 1 is 1.00 bits per heavy atom. The van der Waals surface area contributed by atoms with E-state index in [1.165, 1.54) is 11.3 Å². The molecule has 0 radical (unpaired) electrons. The number of nitrogens with one attached hydrogen (secondary N) is 1. The van der Waals surface area contributed by atoms with Gasteiger partial charge in [-0.25, -0.2) is 9.69 Å². The maximum atomic E-state index is 12.6. The van der Waals surface area contributed by atoms with Gasteiger partial charge in [0, 0.05) is 40.5 Å². The van der Waals surface area contributed by atoms with Gasteiger partial charge >= 0.3 is 17.8 Å². The van der Waals surface area contributed by atoms with Crippen molar-refractivity contribution in [3.8, 4) is 0 Å². The maximum Gasteiger partial charge on any atom is 0.334 e. The van der Waals surface area contributed by atoms with Gasteiger partial charge in [-0.05, 0) is 17.5 Å². The topological polar surface area (TPSA) is 90.6 Å². The predicted molar refractivity (Wildman–Crippen MR) is 99.5 cm³/mol. The average molecular weight is 381 g/mol. The Hall–Kier alpha value is -3.26. The van der Waals surface area contributed by atoms with Crippen molar-refractivity contribution in [3.63, 3.8) is 0 Å². The third-order valence-electron chi connectivity index (χ3n) is 4.49. The number of carbonyl (C=O) groups excluding carboxylic acids is 4. The molecule has 0 aliphatic carbocycles. The van der Waals surface area contributed by atoms with Gasteiger partial charge in [-0.15, -0.1) is 11.3 Å². The van der Waals surface area contributed by atoms with Gasteiger partial charge in [0.1, 0.15) is 0 Å². The zero-order valence-corrected chi connectivity index (χ0v) is 15.0. The monoisotopic (exact) mass is 381 g/mol. The molecular formula is C19H15N3O4S. The van der Waals surface area contributed by atoms with E-state index < -0.39 is 30.2 Å². The summed E-state index contributed by atoms with van der Waals surface area (Å²) in [7, 11) is 0. The van der Waals surface area contributed by atoms with Crippen LogP contribution in [-0.4, -0.2) is 51.5 Å². The maximum absolute atomic E-state index is 12.6. The van der Waals surface area contributed by atoms with E-state index >= 15 is 0 Å². The Morgan fingerprint density at radius 2 is 1.78 bits per heavy atom. The zero-order valence-electron chi connectivity index (χ0n) is 14.2. The second-order valence-corrected chi connectivity index (χ2v) is 7.16. The summed E-state index contributed by atoms with van der Waals surface area (Å²) in [6.45, 7) is -0.345. The molecule has 4 amide bonds. The van der Waals surface area contributed by atoms with E-state index in [1.54, 1.807) is 18.3 Å². The van der Waals surface area contributed by atoms with Crippen LogP contribution in [0.15, 0.2) is 48.0 Å². The Morgan fingerprint density at radius 3 is 2.56 bits per heavy atom. The van der Waals surface area contributed by atoms with Crippen LogP contribution in [0.25, 0.3) is 10.9 Å². The van der Waals surface area contributed by atoms with E-state index in [2.05, 4.69) is 4.98 Å². The lowest BCUT2D eigenvalue weighted by molar-refractivity contribution is -0.143. The molecule has 0 unspecified atom stereocenters. The molecule has 27 heavy (non-hydrogen) atoms. The first-order valence-electron chi connectivity index (χ1n) is 8.35. The number of aromatic nitrogens is 1. The molecule has 1 aromatic carbocycles. The third-order valence-corrected chi connectivity index (χ3v) is 5.42. The number of fused-ring (bicyclic) bond motifs is 1. The summed E-state index contributed by atoms with van der Waals surface area (Å²) < 4.78 is 0. The molecule has 4 rings (SSSR count). The minimum absolute atomic E-state index is 0.113. The highest BCUT2D eigenvalue weighted by atomic mass is 32.1. The molecule has 7 nitrogen and oxygen atoms in total. The summed E-state index contributed by atoms with van der Waals surface area (Å²) in [5, 5.41) is 2.61. The first-order valence-corrected chi connectivity index (χ1v) is 9.23. The Labute approximate surface area is 158 Å². The van der Waals surface area contributed by atoms with Crippen molar-refractivity contribution in [3.05, 3.63) is 58.4 Å². The molecular weight excluding hydrogens is 366 g/mol. The molecule has 1 aliphatic heterocycles. The van der Waals surface area contributed by atoms with Gasteiger partial charge in [0.15, 0.2) is 5.78 Å². The number of carbonyl (C=O) groups is 4. The highest BCUT2D eigenvalue weighted by Crippen LogP contribution is 2.20. The molecule has 8 heteroatoms. The van der Waals surface area contributed by atoms with Crippen molar-refractivity contribution in [2.45, 2.75) is 6.42 Å². The molecule has 2 aromatic heterocycles. The summed E-state index contributed by atoms with van der Waals surface area (Å²) in [5.74, 6) is -2.25. The molecule has 0 atom stereocenters. The number of aromatic amines is 1.